The van der Waals surface area contributed by atoms with Gasteiger partial charge in [-0.2, -0.15) is 0 Å². The average molecular weight is 316 g/mol. The van der Waals surface area contributed by atoms with Crippen LogP contribution in [0.2, 0.25) is 0 Å². The fraction of sp³-hybridized carbons (Fsp3) is 0.238. The Labute approximate surface area is 142 Å². The van der Waals surface area contributed by atoms with Gasteiger partial charge in [0.05, 0.1) is 18.3 Å². The minimum atomic E-state index is 0.837. The van der Waals surface area contributed by atoms with E-state index in [0.29, 0.717) is 0 Å². The summed E-state index contributed by atoms with van der Waals surface area (Å²) in [7, 11) is 1.69. The number of benzene rings is 2. The minimum absolute atomic E-state index is 0.837. The topological polar surface area (TPSA) is 34.5 Å². The van der Waals surface area contributed by atoms with Gasteiger partial charge < -0.3 is 4.74 Å². The van der Waals surface area contributed by atoms with Crippen LogP contribution in [0.5, 0.6) is 5.75 Å². The molecule has 0 radical (unpaired) electrons. The van der Waals surface area contributed by atoms with Crippen LogP contribution in [0.1, 0.15) is 29.7 Å². The molecule has 3 heteroatoms. The Hall–Kier alpha value is -2.68. The molecule has 1 aliphatic rings. The number of hydrogen-bond donors (Lipinski definition) is 0. The second kappa shape index (κ2) is 6.44. The van der Waals surface area contributed by atoms with E-state index >= 15 is 0 Å². The van der Waals surface area contributed by atoms with Crippen molar-refractivity contribution < 1.29 is 4.74 Å². The first-order chi connectivity index (χ1) is 11.8. The molecule has 1 aliphatic carbocycles. The predicted octanol–water partition coefficient (Wildman–Crippen LogP) is 4.87. The van der Waals surface area contributed by atoms with Crippen molar-refractivity contribution in [1.29, 1.82) is 0 Å². The molecule has 1 aromatic heterocycles. The summed E-state index contributed by atoms with van der Waals surface area (Å²) in [5, 5.41) is 1.10. The Morgan fingerprint density at radius 3 is 2.71 bits per heavy atom. The first-order valence-corrected chi connectivity index (χ1v) is 8.44. The molecular formula is C21H20N2O. The van der Waals surface area contributed by atoms with Crippen LogP contribution in [0.4, 0.5) is 5.69 Å². The average Bonchev–Trinajstić information content (AvgIpc) is 2.65. The molecular weight excluding hydrogens is 296 g/mol. The van der Waals surface area contributed by atoms with Gasteiger partial charge in [-0.3, -0.25) is 9.98 Å². The van der Waals surface area contributed by atoms with Crippen molar-refractivity contribution in [1.82, 2.24) is 4.98 Å². The fourth-order valence-corrected chi connectivity index (χ4v) is 3.33. The first-order valence-electron chi connectivity index (χ1n) is 8.44. The van der Waals surface area contributed by atoms with Crippen LogP contribution >= 0.6 is 0 Å². The molecule has 0 unspecified atom stereocenters. The highest BCUT2D eigenvalue weighted by molar-refractivity contribution is 5.95. The normalized spacial score (nSPS) is 14.0. The SMILES string of the molecule is COc1ccc2c(/N=C/c3ccccc3)c3c(nc2c1)CCCC3. The summed E-state index contributed by atoms with van der Waals surface area (Å²) in [5.41, 5.74) is 5.66. The van der Waals surface area contributed by atoms with Crippen LogP contribution in [-0.2, 0) is 12.8 Å². The zero-order valence-electron chi connectivity index (χ0n) is 13.8. The van der Waals surface area contributed by atoms with Gasteiger partial charge in [0, 0.05) is 23.4 Å². The molecule has 0 amide bonds. The van der Waals surface area contributed by atoms with E-state index in [2.05, 4.69) is 18.2 Å². The maximum Gasteiger partial charge on any atom is 0.121 e. The van der Waals surface area contributed by atoms with Crippen LogP contribution in [-0.4, -0.2) is 18.3 Å². The monoisotopic (exact) mass is 316 g/mol. The summed E-state index contributed by atoms with van der Waals surface area (Å²) in [4.78, 5) is 9.75. The quantitative estimate of drug-likeness (QED) is 0.646. The van der Waals surface area contributed by atoms with Gasteiger partial charge in [0.1, 0.15) is 5.75 Å². The molecule has 0 saturated carbocycles. The molecule has 0 saturated heterocycles. The van der Waals surface area contributed by atoms with Crippen molar-refractivity contribution >= 4 is 22.8 Å². The third kappa shape index (κ3) is 2.78. The molecule has 0 fully saturated rings. The zero-order valence-corrected chi connectivity index (χ0v) is 13.8. The second-order valence-corrected chi connectivity index (χ2v) is 6.14. The summed E-state index contributed by atoms with van der Waals surface area (Å²) >= 11 is 0. The standard InChI is InChI=1S/C21H20N2O/c1-24-16-11-12-18-20(13-16)23-19-10-6-5-9-17(19)21(18)22-14-15-7-3-2-4-8-15/h2-4,7-8,11-14H,5-6,9-10H2,1H3/b22-14+. The lowest BCUT2D eigenvalue weighted by Gasteiger charge is -2.18. The molecule has 2 aromatic carbocycles. The highest BCUT2D eigenvalue weighted by Gasteiger charge is 2.18. The number of pyridine rings is 1. The van der Waals surface area contributed by atoms with Gasteiger partial charge in [-0.05, 0) is 48.9 Å². The van der Waals surface area contributed by atoms with Gasteiger partial charge in [0.15, 0.2) is 0 Å². The van der Waals surface area contributed by atoms with Crippen molar-refractivity contribution in [2.24, 2.45) is 4.99 Å². The summed E-state index contributed by atoms with van der Waals surface area (Å²) in [6.45, 7) is 0. The summed E-state index contributed by atoms with van der Waals surface area (Å²) < 4.78 is 5.36. The largest absolute Gasteiger partial charge is 0.497 e. The van der Waals surface area contributed by atoms with E-state index in [0.717, 1.165) is 40.7 Å². The molecule has 0 atom stereocenters. The van der Waals surface area contributed by atoms with E-state index in [1.165, 1.54) is 24.1 Å². The van der Waals surface area contributed by atoms with Crippen molar-refractivity contribution in [3.63, 3.8) is 0 Å². The highest BCUT2D eigenvalue weighted by atomic mass is 16.5. The molecule has 0 N–H and O–H groups in total. The van der Waals surface area contributed by atoms with Crippen LogP contribution in [0.3, 0.4) is 0 Å². The lowest BCUT2D eigenvalue weighted by atomic mass is 9.93. The number of aliphatic imine (C=N–C) groups is 1. The second-order valence-electron chi connectivity index (χ2n) is 6.14. The van der Waals surface area contributed by atoms with Gasteiger partial charge in [0.2, 0.25) is 0 Å². The van der Waals surface area contributed by atoms with E-state index < -0.39 is 0 Å². The maximum absolute atomic E-state index is 5.36. The molecule has 0 bridgehead atoms. The lowest BCUT2D eigenvalue weighted by molar-refractivity contribution is 0.415. The number of nitrogens with zero attached hydrogens (tertiary/aromatic N) is 2. The van der Waals surface area contributed by atoms with E-state index in [1.807, 2.05) is 36.5 Å². The van der Waals surface area contributed by atoms with Crippen molar-refractivity contribution in [2.45, 2.75) is 25.7 Å². The van der Waals surface area contributed by atoms with E-state index in [-0.39, 0.29) is 0 Å². The van der Waals surface area contributed by atoms with Gasteiger partial charge in [-0.1, -0.05) is 30.3 Å². The van der Waals surface area contributed by atoms with Crippen LogP contribution < -0.4 is 4.74 Å². The molecule has 3 nitrogen and oxygen atoms in total. The molecule has 4 rings (SSSR count). The Morgan fingerprint density at radius 2 is 1.88 bits per heavy atom. The molecule has 0 aliphatic heterocycles. The number of ether oxygens (including phenoxy) is 1. The van der Waals surface area contributed by atoms with E-state index in [9.17, 15) is 0 Å². The van der Waals surface area contributed by atoms with Crippen LogP contribution in [0, 0.1) is 0 Å². The molecule has 0 spiro atoms. The highest BCUT2D eigenvalue weighted by Crippen LogP contribution is 2.36. The van der Waals surface area contributed by atoms with Gasteiger partial charge in [-0.25, -0.2) is 0 Å². The Morgan fingerprint density at radius 1 is 1.04 bits per heavy atom. The van der Waals surface area contributed by atoms with Crippen LogP contribution in [0.25, 0.3) is 10.9 Å². The molecule has 24 heavy (non-hydrogen) atoms. The predicted molar refractivity (Wildman–Crippen MR) is 98.6 cm³/mol. The third-order valence-electron chi connectivity index (χ3n) is 4.58. The first kappa shape index (κ1) is 14.9. The molecule has 3 aromatic rings. The maximum atomic E-state index is 5.36. The smallest absolute Gasteiger partial charge is 0.121 e. The fourth-order valence-electron chi connectivity index (χ4n) is 3.33. The number of aryl methyl sites for hydroxylation is 1. The van der Waals surface area contributed by atoms with Gasteiger partial charge in [-0.15, -0.1) is 0 Å². The Bertz CT molecular complexity index is 901. The Kier molecular flexibility index (Phi) is 3.99. The molecule has 120 valence electrons. The van der Waals surface area contributed by atoms with Crippen molar-refractivity contribution in [3.05, 3.63) is 65.4 Å². The van der Waals surface area contributed by atoms with E-state index in [1.54, 1.807) is 7.11 Å². The Balaban J connectivity index is 1.89. The molecule has 1 heterocycles. The number of aromatic nitrogens is 1. The summed E-state index contributed by atoms with van der Waals surface area (Å²) in [5.74, 6) is 0.837. The van der Waals surface area contributed by atoms with Gasteiger partial charge >= 0.3 is 0 Å². The van der Waals surface area contributed by atoms with Gasteiger partial charge in [0.25, 0.3) is 0 Å². The third-order valence-corrected chi connectivity index (χ3v) is 4.58. The summed E-state index contributed by atoms with van der Waals surface area (Å²) in [6, 6.07) is 16.3. The van der Waals surface area contributed by atoms with Crippen molar-refractivity contribution in [2.75, 3.05) is 7.11 Å². The number of rotatable bonds is 3. The summed E-state index contributed by atoms with van der Waals surface area (Å²) in [6.07, 6.45) is 6.47. The number of methoxy groups -OCH3 is 1. The van der Waals surface area contributed by atoms with Crippen LogP contribution in [0.15, 0.2) is 53.5 Å². The van der Waals surface area contributed by atoms with Crippen molar-refractivity contribution in [3.8, 4) is 5.75 Å². The number of hydrogen-bond acceptors (Lipinski definition) is 3. The number of fused-ring (bicyclic) bond motifs is 2. The zero-order chi connectivity index (χ0) is 16.4. The minimum Gasteiger partial charge on any atom is -0.497 e. The van der Waals surface area contributed by atoms with E-state index in [4.69, 9.17) is 14.7 Å². The lowest BCUT2D eigenvalue weighted by Crippen LogP contribution is -2.06.